The van der Waals surface area contributed by atoms with E-state index in [4.69, 9.17) is 15.0 Å². The molecule has 2 aromatic heterocycles. The third-order valence-electron chi connectivity index (χ3n) is 14.0. The highest BCUT2D eigenvalue weighted by atomic mass is 15.2. The molecule has 4 saturated heterocycles. The zero-order chi connectivity index (χ0) is 33.2. The van der Waals surface area contributed by atoms with Crippen molar-refractivity contribution in [2.75, 3.05) is 9.80 Å². The van der Waals surface area contributed by atoms with Crippen LogP contribution in [0.25, 0.3) is 50.5 Å². The maximum atomic E-state index is 5.33. The molecule has 14 rings (SSSR count). The lowest BCUT2D eigenvalue weighted by Gasteiger charge is -2.57. The predicted molar refractivity (Wildman–Crippen MR) is 205 cm³/mol. The Bertz CT molecular complexity index is 2270. The van der Waals surface area contributed by atoms with Gasteiger partial charge in [0.1, 0.15) is 0 Å². The van der Waals surface area contributed by atoms with E-state index in [1.54, 1.807) is 0 Å². The highest BCUT2D eigenvalue weighted by molar-refractivity contribution is 6.10. The van der Waals surface area contributed by atoms with Crippen LogP contribution >= 0.6 is 0 Å². The van der Waals surface area contributed by atoms with Crippen molar-refractivity contribution in [3.05, 3.63) is 97.1 Å². The molecule has 4 saturated carbocycles. The molecule has 6 aromatic rings. The molecule has 0 amide bonds. The molecular formula is C45H44N6. The molecule has 8 aliphatic rings. The molecule has 6 nitrogen and oxygen atoms in total. The highest BCUT2D eigenvalue weighted by Crippen LogP contribution is 2.52. The molecule has 51 heavy (non-hydrogen) atoms. The molecule has 8 bridgehead atoms. The van der Waals surface area contributed by atoms with Crippen LogP contribution in [0.2, 0.25) is 0 Å². The van der Waals surface area contributed by atoms with Crippen LogP contribution in [0.4, 0.5) is 11.4 Å². The topological polar surface area (TPSA) is 50.1 Å². The first-order chi connectivity index (χ1) is 25.2. The van der Waals surface area contributed by atoms with Crippen LogP contribution in [0, 0.1) is 23.7 Å². The average Bonchev–Trinajstić information content (AvgIpc) is 3.48. The zero-order valence-corrected chi connectivity index (χ0v) is 29.1. The number of rotatable bonds is 5. The van der Waals surface area contributed by atoms with Gasteiger partial charge in [0.25, 0.3) is 0 Å². The van der Waals surface area contributed by atoms with E-state index in [1.807, 2.05) is 0 Å². The second kappa shape index (κ2) is 10.9. The minimum atomic E-state index is 0.669. The van der Waals surface area contributed by atoms with Crippen LogP contribution in [0.5, 0.6) is 0 Å². The largest absolute Gasteiger partial charge is 0.366 e. The molecule has 4 aromatic carbocycles. The normalized spacial score (nSPS) is 30.3. The zero-order valence-electron chi connectivity index (χ0n) is 29.1. The van der Waals surface area contributed by atoms with Gasteiger partial charge < -0.3 is 9.80 Å². The smallest absolute Gasteiger partial charge is 0.238 e. The van der Waals surface area contributed by atoms with E-state index in [9.17, 15) is 0 Å². The minimum Gasteiger partial charge on any atom is -0.366 e. The SMILES string of the molecule is c1ccc(-c2nc(-c3cccc(N4C5CC6CC(C5)CC4C6)c3)nc(-n3c4ccccc4c4cc(N5C6CC7CC(C6)CC5C7)ccc43)n2)cc1. The van der Waals surface area contributed by atoms with Crippen LogP contribution in [0.1, 0.15) is 64.2 Å². The summed E-state index contributed by atoms with van der Waals surface area (Å²) in [7, 11) is 0. The van der Waals surface area contributed by atoms with Crippen LogP contribution in [-0.2, 0) is 0 Å². The fourth-order valence-electron chi connectivity index (χ4n) is 12.4. The van der Waals surface area contributed by atoms with Gasteiger partial charge in [0.2, 0.25) is 5.95 Å². The molecule has 4 aliphatic heterocycles. The van der Waals surface area contributed by atoms with E-state index in [0.29, 0.717) is 35.9 Å². The van der Waals surface area contributed by atoms with Gasteiger partial charge in [0, 0.05) is 57.4 Å². The summed E-state index contributed by atoms with van der Waals surface area (Å²) in [4.78, 5) is 21.3. The lowest BCUT2D eigenvalue weighted by Crippen LogP contribution is -2.58. The minimum absolute atomic E-state index is 0.669. The van der Waals surface area contributed by atoms with Crippen LogP contribution in [0.15, 0.2) is 97.1 Å². The van der Waals surface area contributed by atoms with E-state index in [1.165, 1.54) is 86.4 Å². The van der Waals surface area contributed by atoms with Gasteiger partial charge in [-0.2, -0.15) is 9.97 Å². The van der Waals surface area contributed by atoms with Gasteiger partial charge in [-0.1, -0.05) is 60.7 Å². The summed E-state index contributed by atoms with van der Waals surface area (Å²) in [5.41, 5.74) is 7.05. The molecule has 0 N–H and O–H groups in total. The van der Waals surface area contributed by atoms with E-state index in [0.717, 1.165) is 51.7 Å². The second-order valence-electron chi connectivity index (χ2n) is 17.0. The lowest BCUT2D eigenvalue weighted by molar-refractivity contribution is 0.0899. The van der Waals surface area contributed by atoms with Gasteiger partial charge >= 0.3 is 0 Å². The molecule has 4 aliphatic carbocycles. The molecule has 6 heterocycles. The molecule has 0 unspecified atom stereocenters. The van der Waals surface area contributed by atoms with Crippen LogP contribution < -0.4 is 9.80 Å². The molecule has 8 fully saturated rings. The maximum absolute atomic E-state index is 5.33. The van der Waals surface area contributed by atoms with Crippen molar-refractivity contribution in [3.63, 3.8) is 0 Å². The average molecular weight is 669 g/mol. The quantitative estimate of drug-likeness (QED) is 0.183. The molecule has 6 heteroatoms. The molecule has 254 valence electrons. The lowest BCUT2D eigenvalue weighted by atomic mass is 9.63. The van der Waals surface area contributed by atoms with Gasteiger partial charge in [-0.25, -0.2) is 4.98 Å². The Labute approximate surface area is 299 Å². The summed E-state index contributed by atoms with van der Waals surface area (Å²) in [6.45, 7) is 0. The Hall–Kier alpha value is -4.71. The third kappa shape index (κ3) is 4.50. The molecule has 0 radical (unpaired) electrons. The molecule has 0 spiro atoms. The highest BCUT2D eigenvalue weighted by Gasteiger charge is 2.48. The summed E-state index contributed by atoms with van der Waals surface area (Å²) < 4.78 is 2.28. The second-order valence-corrected chi connectivity index (χ2v) is 17.0. The van der Waals surface area contributed by atoms with Crippen molar-refractivity contribution in [1.82, 2.24) is 19.5 Å². The number of anilines is 2. The molecule has 0 atom stereocenters. The number of para-hydroxylation sites is 1. The fourth-order valence-corrected chi connectivity index (χ4v) is 12.4. The van der Waals surface area contributed by atoms with Gasteiger partial charge in [0.15, 0.2) is 11.6 Å². The van der Waals surface area contributed by atoms with Gasteiger partial charge in [-0.3, -0.25) is 4.57 Å². The van der Waals surface area contributed by atoms with Crippen molar-refractivity contribution in [3.8, 4) is 28.7 Å². The number of nitrogens with zero attached hydrogens (tertiary/aromatic N) is 6. The van der Waals surface area contributed by atoms with E-state index in [2.05, 4.69) is 111 Å². The first-order valence-corrected chi connectivity index (χ1v) is 19.7. The van der Waals surface area contributed by atoms with Crippen molar-refractivity contribution < 1.29 is 0 Å². The Kier molecular flexibility index (Phi) is 6.18. The van der Waals surface area contributed by atoms with Crippen molar-refractivity contribution in [2.24, 2.45) is 23.7 Å². The number of benzene rings is 4. The number of fused-ring (bicyclic) bond motifs is 3. The molecular weight excluding hydrogens is 625 g/mol. The predicted octanol–water partition coefficient (Wildman–Crippen LogP) is 9.84. The maximum Gasteiger partial charge on any atom is 0.238 e. The van der Waals surface area contributed by atoms with Crippen LogP contribution in [-0.4, -0.2) is 43.7 Å². The van der Waals surface area contributed by atoms with E-state index >= 15 is 0 Å². The Morgan fingerprint density at radius 2 is 0.941 bits per heavy atom. The van der Waals surface area contributed by atoms with Crippen molar-refractivity contribution >= 4 is 33.2 Å². The standard InChI is InChI=1S/C45H44N6/c1-2-7-31(8-3-1)43-46-44(32-9-6-10-33(25-32)49-35-17-27-15-28(19-35)20-36(49)18-27)48-45(47-43)51-41-12-5-4-11-39(41)40-26-34(13-14-42(40)51)50-37-21-29-16-30(23-37)24-38(50)22-29/h1-14,25-30,35-38H,15-24H2. The van der Waals surface area contributed by atoms with E-state index < -0.39 is 0 Å². The van der Waals surface area contributed by atoms with Gasteiger partial charge in [-0.15, -0.1) is 0 Å². The van der Waals surface area contributed by atoms with Crippen molar-refractivity contribution in [2.45, 2.75) is 88.4 Å². The first-order valence-electron chi connectivity index (χ1n) is 19.7. The summed E-state index contributed by atoms with van der Waals surface area (Å²) in [6.07, 6.45) is 13.8. The number of piperidine rings is 4. The van der Waals surface area contributed by atoms with Gasteiger partial charge in [0.05, 0.1) is 11.0 Å². The summed E-state index contributed by atoms with van der Waals surface area (Å²) in [6, 6.07) is 38.2. The Balaban J connectivity index is 1.00. The fraction of sp³-hybridized carbons (Fsp3) is 0.400. The van der Waals surface area contributed by atoms with Crippen LogP contribution in [0.3, 0.4) is 0 Å². The monoisotopic (exact) mass is 668 g/mol. The summed E-state index contributed by atoms with van der Waals surface area (Å²) in [5, 5.41) is 2.52. The Morgan fingerprint density at radius 3 is 1.59 bits per heavy atom. The summed E-state index contributed by atoms with van der Waals surface area (Å²) >= 11 is 0. The first kappa shape index (κ1) is 28.9. The van der Waals surface area contributed by atoms with Gasteiger partial charge in [-0.05, 0) is 124 Å². The summed E-state index contributed by atoms with van der Waals surface area (Å²) in [5.74, 6) is 5.85. The third-order valence-corrected chi connectivity index (χ3v) is 14.0. The number of hydrogen-bond donors (Lipinski definition) is 0. The van der Waals surface area contributed by atoms with E-state index in [-0.39, 0.29) is 0 Å². The number of hydrogen-bond acceptors (Lipinski definition) is 5. The Morgan fingerprint density at radius 1 is 0.412 bits per heavy atom. The number of aromatic nitrogens is 4. The van der Waals surface area contributed by atoms with Crippen molar-refractivity contribution in [1.29, 1.82) is 0 Å².